The Morgan fingerprint density at radius 2 is 2.06 bits per heavy atom. The van der Waals surface area contributed by atoms with E-state index in [-0.39, 0.29) is 16.5 Å². The topological polar surface area (TPSA) is 102 Å². The number of carboxylic acid groups (broad SMARTS) is 1. The van der Waals surface area contributed by atoms with Gasteiger partial charge in [-0.05, 0) is 55.7 Å². The molecule has 1 N–H and O–H groups in total. The van der Waals surface area contributed by atoms with Crippen LogP contribution < -0.4 is 4.74 Å². The number of carboxylic acids is 1. The van der Waals surface area contributed by atoms with Gasteiger partial charge >= 0.3 is 5.97 Å². The van der Waals surface area contributed by atoms with Gasteiger partial charge in [0.05, 0.1) is 22.2 Å². The highest BCUT2D eigenvalue weighted by Gasteiger charge is 2.34. The first kappa shape index (κ1) is 23.6. The number of sulfonamides is 1. The van der Waals surface area contributed by atoms with E-state index in [9.17, 15) is 13.2 Å². The van der Waals surface area contributed by atoms with Crippen LogP contribution in [0.2, 0.25) is 10.0 Å². The third-order valence-corrected chi connectivity index (χ3v) is 7.95. The van der Waals surface area contributed by atoms with Crippen molar-refractivity contribution in [1.29, 1.82) is 0 Å². The number of nitrogens with zero attached hydrogens (tertiary/aromatic N) is 3. The molecule has 0 radical (unpaired) electrons. The zero-order chi connectivity index (χ0) is 23.8. The standard InChI is InChI=1S/C22H21Cl2N3O5S/c1-26(19-6-3-7-20-17(19)12-25-27(20)13-22(28)29)33(30,31)16-8-9-21(18(24)11-16)32-15-5-2-4-14(23)10-15/h2,4-5,8-12,19H,3,6-7,13H2,1H3,(H,28,29)/t19-/m1/s1. The maximum Gasteiger partial charge on any atom is 0.325 e. The van der Waals surface area contributed by atoms with Gasteiger partial charge in [-0.25, -0.2) is 8.42 Å². The van der Waals surface area contributed by atoms with Crippen LogP contribution in [0, 0.1) is 0 Å². The van der Waals surface area contributed by atoms with Gasteiger partial charge in [-0.1, -0.05) is 29.3 Å². The average molecular weight is 510 g/mol. The molecule has 0 saturated heterocycles. The lowest BCUT2D eigenvalue weighted by Crippen LogP contribution is -2.33. The van der Waals surface area contributed by atoms with Crippen molar-refractivity contribution in [3.05, 3.63) is 70.0 Å². The number of aliphatic carboxylic acids is 1. The van der Waals surface area contributed by atoms with Crippen LogP contribution >= 0.6 is 23.2 Å². The van der Waals surface area contributed by atoms with E-state index in [1.54, 1.807) is 30.5 Å². The van der Waals surface area contributed by atoms with Gasteiger partial charge in [0.1, 0.15) is 18.0 Å². The molecule has 33 heavy (non-hydrogen) atoms. The molecule has 0 aliphatic heterocycles. The molecule has 0 amide bonds. The number of fused-ring (bicyclic) bond motifs is 1. The van der Waals surface area contributed by atoms with Crippen LogP contribution in [-0.2, 0) is 27.8 Å². The highest BCUT2D eigenvalue weighted by Crippen LogP contribution is 2.38. The molecule has 0 unspecified atom stereocenters. The number of aromatic nitrogens is 2. The number of carbonyl (C=O) groups is 1. The average Bonchev–Trinajstić information content (AvgIpc) is 3.17. The Hall–Kier alpha value is -2.59. The number of halogens is 2. The van der Waals surface area contributed by atoms with E-state index in [2.05, 4.69) is 5.10 Å². The summed E-state index contributed by atoms with van der Waals surface area (Å²) in [5.41, 5.74) is 1.47. The Balaban J connectivity index is 1.59. The largest absolute Gasteiger partial charge is 0.480 e. The van der Waals surface area contributed by atoms with Crippen molar-refractivity contribution in [2.45, 2.75) is 36.7 Å². The molecule has 0 spiro atoms. The Morgan fingerprint density at radius 1 is 1.27 bits per heavy atom. The second-order valence-electron chi connectivity index (χ2n) is 7.68. The van der Waals surface area contributed by atoms with Crippen LogP contribution in [0.1, 0.15) is 30.1 Å². The maximum absolute atomic E-state index is 13.4. The summed E-state index contributed by atoms with van der Waals surface area (Å²) in [7, 11) is -2.39. The molecular formula is C22H21Cl2N3O5S. The number of benzene rings is 2. The molecule has 1 aromatic heterocycles. The first-order valence-corrected chi connectivity index (χ1v) is 12.3. The monoisotopic (exact) mass is 509 g/mol. The lowest BCUT2D eigenvalue weighted by atomic mass is 9.93. The van der Waals surface area contributed by atoms with Crippen LogP contribution in [0.5, 0.6) is 11.5 Å². The molecular weight excluding hydrogens is 489 g/mol. The SMILES string of the molecule is CN([C@@H]1CCCc2c1cnn2CC(=O)O)S(=O)(=O)c1ccc(Oc2cccc(Cl)c2)c(Cl)c1. The van der Waals surface area contributed by atoms with Crippen LogP contribution in [-0.4, -0.2) is 40.6 Å². The molecule has 1 atom stereocenters. The highest BCUT2D eigenvalue weighted by atomic mass is 35.5. The first-order valence-electron chi connectivity index (χ1n) is 10.1. The van der Waals surface area contributed by atoms with Gasteiger partial charge in [-0.15, -0.1) is 0 Å². The van der Waals surface area contributed by atoms with E-state index < -0.39 is 22.0 Å². The van der Waals surface area contributed by atoms with Crippen LogP contribution in [0.4, 0.5) is 0 Å². The maximum atomic E-state index is 13.4. The minimum atomic E-state index is -3.90. The minimum Gasteiger partial charge on any atom is -0.480 e. The van der Waals surface area contributed by atoms with Crippen molar-refractivity contribution >= 4 is 39.2 Å². The second kappa shape index (κ2) is 9.34. The van der Waals surface area contributed by atoms with E-state index >= 15 is 0 Å². The predicted molar refractivity (Wildman–Crippen MR) is 123 cm³/mol. The Kier molecular flexibility index (Phi) is 6.67. The van der Waals surface area contributed by atoms with Gasteiger partial charge in [-0.2, -0.15) is 9.40 Å². The fraction of sp³-hybridized carbons (Fsp3) is 0.273. The summed E-state index contributed by atoms with van der Waals surface area (Å²) in [4.78, 5) is 11.1. The summed E-state index contributed by atoms with van der Waals surface area (Å²) >= 11 is 12.3. The van der Waals surface area contributed by atoms with Gasteiger partial charge in [-0.3, -0.25) is 9.48 Å². The smallest absolute Gasteiger partial charge is 0.325 e. The van der Waals surface area contributed by atoms with Crippen LogP contribution in [0.25, 0.3) is 0 Å². The van der Waals surface area contributed by atoms with Crippen molar-refractivity contribution < 1.29 is 23.1 Å². The summed E-state index contributed by atoms with van der Waals surface area (Å²) in [5.74, 6) is -0.223. The Labute approximate surface area is 201 Å². The van der Waals surface area contributed by atoms with Crippen LogP contribution in [0.15, 0.2) is 53.6 Å². The quantitative estimate of drug-likeness (QED) is 0.492. The third-order valence-electron chi connectivity index (χ3n) is 5.56. The number of hydrogen-bond donors (Lipinski definition) is 1. The van der Waals surface area contributed by atoms with Crippen molar-refractivity contribution in [3.8, 4) is 11.5 Å². The fourth-order valence-electron chi connectivity index (χ4n) is 3.95. The number of rotatable bonds is 7. The molecule has 1 aliphatic rings. The van der Waals surface area contributed by atoms with Crippen molar-refractivity contribution in [1.82, 2.24) is 14.1 Å². The van der Waals surface area contributed by atoms with Gasteiger partial charge < -0.3 is 9.84 Å². The molecule has 1 aliphatic carbocycles. The number of ether oxygens (including phenoxy) is 1. The molecule has 174 valence electrons. The van der Waals surface area contributed by atoms with Gasteiger partial charge in [0.2, 0.25) is 10.0 Å². The molecule has 11 heteroatoms. The molecule has 1 heterocycles. The van der Waals surface area contributed by atoms with E-state index in [4.69, 9.17) is 33.0 Å². The van der Waals surface area contributed by atoms with E-state index in [1.807, 2.05) is 0 Å². The second-order valence-corrected chi connectivity index (χ2v) is 10.5. The summed E-state index contributed by atoms with van der Waals surface area (Å²) in [6.07, 6.45) is 3.53. The summed E-state index contributed by atoms with van der Waals surface area (Å²) in [6.45, 7) is -0.262. The lowest BCUT2D eigenvalue weighted by molar-refractivity contribution is -0.137. The Bertz CT molecular complexity index is 1310. The summed E-state index contributed by atoms with van der Waals surface area (Å²) < 4.78 is 35.2. The molecule has 0 fully saturated rings. The first-order chi connectivity index (χ1) is 15.7. The normalized spacial score (nSPS) is 15.9. The summed E-state index contributed by atoms with van der Waals surface area (Å²) in [5, 5.41) is 13.9. The van der Waals surface area contributed by atoms with Crippen molar-refractivity contribution in [3.63, 3.8) is 0 Å². The molecule has 2 aromatic carbocycles. The third kappa shape index (κ3) is 4.86. The van der Waals surface area contributed by atoms with E-state index in [1.165, 1.54) is 34.2 Å². The number of hydrogen-bond acceptors (Lipinski definition) is 5. The highest BCUT2D eigenvalue weighted by molar-refractivity contribution is 7.89. The lowest BCUT2D eigenvalue weighted by Gasteiger charge is -2.31. The van der Waals surface area contributed by atoms with E-state index in [0.717, 1.165) is 17.7 Å². The Morgan fingerprint density at radius 3 is 2.76 bits per heavy atom. The predicted octanol–water partition coefficient (Wildman–Crippen LogP) is 4.76. The van der Waals surface area contributed by atoms with Crippen molar-refractivity contribution in [2.24, 2.45) is 0 Å². The van der Waals surface area contributed by atoms with Gasteiger partial charge in [0.15, 0.2) is 0 Å². The molecule has 0 bridgehead atoms. The van der Waals surface area contributed by atoms with E-state index in [0.29, 0.717) is 29.4 Å². The van der Waals surface area contributed by atoms with Gasteiger partial charge in [0.25, 0.3) is 0 Å². The molecule has 4 rings (SSSR count). The zero-order valence-electron chi connectivity index (χ0n) is 17.6. The molecule has 0 saturated carbocycles. The fourth-order valence-corrected chi connectivity index (χ4v) is 5.81. The zero-order valence-corrected chi connectivity index (χ0v) is 19.9. The molecule has 8 nitrogen and oxygen atoms in total. The molecule has 3 aromatic rings. The van der Waals surface area contributed by atoms with Crippen molar-refractivity contribution in [2.75, 3.05) is 7.05 Å². The summed E-state index contributed by atoms with van der Waals surface area (Å²) in [6, 6.07) is 10.6. The van der Waals surface area contributed by atoms with Crippen LogP contribution in [0.3, 0.4) is 0 Å². The minimum absolute atomic E-state index is 0.0264. The van der Waals surface area contributed by atoms with Gasteiger partial charge in [0, 0.05) is 23.3 Å².